The molecule has 0 radical (unpaired) electrons. The summed E-state index contributed by atoms with van der Waals surface area (Å²) >= 11 is 11.8. The summed E-state index contributed by atoms with van der Waals surface area (Å²) in [6, 6.07) is 4.95. The second-order valence-electron chi connectivity index (χ2n) is 3.33. The highest BCUT2D eigenvalue weighted by atomic mass is 35.5. The third kappa shape index (κ3) is 2.60. The molecule has 0 aliphatic heterocycles. The monoisotopic (exact) mass is 270 g/mol. The SMILES string of the molecule is Cc1cnc(C(=O)Nc2c(Cl)cccc2Cl)o1. The topological polar surface area (TPSA) is 55.1 Å². The maximum atomic E-state index is 11.7. The number of aromatic nitrogens is 1. The first-order valence-corrected chi connectivity index (χ1v) is 5.51. The average Bonchev–Trinajstić information content (AvgIpc) is 2.70. The molecule has 2 rings (SSSR count). The molecule has 1 amide bonds. The van der Waals surface area contributed by atoms with Crippen molar-refractivity contribution in [1.82, 2.24) is 4.98 Å². The van der Waals surface area contributed by atoms with Gasteiger partial charge in [0.05, 0.1) is 21.9 Å². The number of benzene rings is 1. The van der Waals surface area contributed by atoms with Gasteiger partial charge in [-0.2, -0.15) is 0 Å². The number of carbonyl (C=O) groups is 1. The van der Waals surface area contributed by atoms with Crippen molar-refractivity contribution in [3.05, 3.63) is 46.1 Å². The highest BCUT2D eigenvalue weighted by Gasteiger charge is 2.15. The van der Waals surface area contributed by atoms with Gasteiger partial charge in [-0.05, 0) is 19.1 Å². The number of rotatable bonds is 2. The summed E-state index contributed by atoms with van der Waals surface area (Å²) in [5.41, 5.74) is 0.344. The third-order valence-electron chi connectivity index (χ3n) is 2.02. The molecule has 0 atom stereocenters. The normalized spacial score (nSPS) is 10.3. The highest BCUT2D eigenvalue weighted by molar-refractivity contribution is 6.39. The van der Waals surface area contributed by atoms with E-state index in [0.29, 0.717) is 21.5 Å². The van der Waals surface area contributed by atoms with Gasteiger partial charge in [0.15, 0.2) is 0 Å². The van der Waals surface area contributed by atoms with Crippen LogP contribution in [0.15, 0.2) is 28.8 Å². The number of hydrogen-bond donors (Lipinski definition) is 1. The fourth-order valence-corrected chi connectivity index (χ4v) is 1.74. The molecule has 1 aromatic carbocycles. The third-order valence-corrected chi connectivity index (χ3v) is 2.65. The van der Waals surface area contributed by atoms with Gasteiger partial charge in [0.1, 0.15) is 5.76 Å². The lowest BCUT2D eigenvalue weighted by Crippen LogP contribution is -2.12. The summed E-state index contributed by atoms with van der Waals surface area (Å²) in [7, 11) is 0. The molecule has 1 heterocycles. The number of carbonyl (C=O) groups excluding carboxylic acids is 1. The second-order valence-corrected chi connectivity index (χ2v) is 4.14. The van der Waals surface area contributed by atoms with Crippen molar-refractivity contribution in [2.45, 2.75) is 6.92 Å². The van der Waals surface area contributed by atoms with Crippen molar-refractivity contribution in [1.29, 1.82) is 0 Å². The number of hydrogen-bond acceptors (Lipinski definition) is 3. The van der Waals surface area contributed by atoms with Crippen LogP contribution in [-0.2, 0) is 0 Å². The Hall–Kier alpha value is -1.52. The molecule has 17 heavy (non-hydrogen) atoms. The molecule has 0 aliphatic rings. The zero-order chi connectivity index (χ0) is 12.4. The summed E-state index contributed by atoms with van der Waals surface area (Å²) in [6.07, 6.45) is 1.46. The van der Waals surface area contributed by atoms with Gasteiger partial charge in [-0.15, -0.1) is 0 Å². The van der Waals surface area contributed by atoms with Crippen LogP contribution in [0.25, 0.3) is 0 Å². The van der Waals surface area contributed by atoms with Crippen LogP contribution in [0.5, 0.6) is 0 Å². The fraction of sp³-hybridized carbons (Fsp3) is 0.0909. The van der Waals surface area contributed by atoms with E-state index in [1.165, 1.54) is 6.20 Å². The van der Waals surface area contributed by atoms with Crippen LogP contribution >= 0.6 is 23.2 Å². The van der Waals surface area contributed by atoms with Crippen LogP contribution in [0.2, 0.25) is 10.0 Å². The van der Waals surface area contributed by atoms with Gasteiger partial charge in [-0.25, -0.2) is 4.98 Å². The predicted octanol–water partition coefficient (Wildman–Crippen LogP) is 3.54. The number of aryl methyl sites for hydroxylation is 1. The molecule has 0 spiro atoms. The molecule has 0 bridgehead atoms. The summed E-state index contributed by atoms with van der Waals surface area (Å²) in [5, 5.41) is 3.26. The first-order chi connectivity index (χ1) is 8.08. The molecule has 1 aromatic heterocycles. The Kier molecular flexibility index (Phi) is 3.36. The maximum absolute atomic E-state index is 11.7. The molecule has 6 heteroatoms. The quantitative estimate of drug-likeness (QED) is 0.908. The van der Waals surface area contributed by atoms with E-state index in [-0.39, 0.29) is 5.89 Å². The number of nitrogens with zero attached hydrogens (tertiary/aromatic N) is 1. The highest BCUT2D eigenvalue weighted by Crippen LogP contribution is 2.30. The molecular formula is C11H8Cl2N2O2. The minimum atomic E-state index is -0.492. The van der Waals surface area contributed by atoms with E-state index in [0.717, 1.165) is 0 Å². The van der Waals surface area contributed by atoms with E-state index in [9.17, 15) is 4.79 Å². The van der Waals surface area contributed by atoms with Gasteiger partial charge < -0.3 is 9.73 Å². The number of nitrogens with one attached hydrogen (secondary N) is 1. The molecule has 0 aliphatic carbocycles. The Morgan fingerprint density at radius 2 is 2.00 bits per heavy atom. The van der Waals surface area contributed by atoms with Crippen molar-refractivity contribution < 1.29 is 9.21 Å². The molecular weight excluding hydrogens is 263 g/mol. The van der Waals surface area contributed by atoms with Crippen LogP contribution in [0.4, 0.5) is 5.69 Å². The van der Waals surface area contributed by atoms with Crippen LogP contribution in [0.1, 0.15) is 16.4 Å². The molecule has 2 aromatic rings. The van der Waals surface area contributed by atoms with E-state index in [4.69, 9.17) is 27.6 Å². The Labute approximate surface area is 108 Å². The van der Waals surface area contributed by atoms with Crippen molar-refractivity contribution in [3.8, 4) is 0 Å². The van der Waals surface area contributed by atoms with Gasteiger partial charge in [-0.1, -0.05) is 29.3 Å². The summed E-state index contributed by atoms with van der Waals surface area (Å²) in [4.78, 5) is 15.6. The van der Waals surface area contributed by atoms with E-state index >= 15 is 0 Å². The van der Waals surface area contributed by atoms with E-state index in [1.807, 2.05) is 0 Å². The van der Waals surface area contributed by atoms with E-state index in [1.54, 1.807) is 25.1 Å². The first-order valence-electron chi connectivity index (χ1n) is 4.75. The predicted molar refractivity (Wildman–Crippen MR) is 65.7 cm³/mol. The first kappa shape index (κ1) is 12.0. The summed E-state index contributed by atoms with van der Waals surface area (Å²) < 4.78 is 5.09. The van der Waals surface area contributed by atoms with Crippen LogP contribution in [0.3, 0.4) is 0 Å². The lowest BCUT2D eigenvalue weighted by Gasteiger charge is -2.06. The van der Waals surface area contributed by atoms with Crippen molar-refractivity contribution in [2.24, 2.45) is 0 Å². The molecule has 88 valence electrons. The molecule has 0 saturated heterocycles. The number of amides is 1. The lowest BCUT2D eigenvalue weighted by atomic mass is 10.3. The minimum absolute atomic E-state index is 0.0292. The number of anilines is 1. The molecule has 0 fully saturated rings. The zero-order valence-electron chi connectivity index (χ0n) is 8.83. The largest absolute Gasteiger partial charge is 0.438 e. The van der Waals surface area contributed by atoms with E-state index in [2.05, 4.69) is 10.3 Å². The Morgan fingerprint density at radius 3 is 2.53 bits per heavy atom. The van der Waals surface area contributed by atoms with Crippen LogP contribution in [0, 0.1) is 6.92 Å². The molecule has 0 unspecified atom stereocenters. The smallest absolute Gasteiger partial charge is 0.311 e. The van der Waals surface area contributed by atoms with Gasteiger partial charge in [0.25, 0.3) is 5.89 Å². The summed E-state index contributed by atoms with van der Waals surface area (Å²) in [6.45, 7) is 1.70. The molecule has 4 nitrogen and oxygen atoms in total. The molecule has 0 saturated carbocycles. The second kappa shape index (κ2) is 4.77. The maximum Gasteiger partial charge on any atom is 0.311 e. The number of halogens is 2. The number of oxazole rings is 1. The van der Waals surface area contributed by atoms with Crippen molar-refractivity contribution in [2.75, 3.05) is 5.32 Å². The van der Waals surface area contributed by atoms with Gasteiger partial charge in [0.2, 0.25) is 0 Å². The van der Waals surface area contributed by atoms with E-state index < -0.39 is 5.91 Å². The standard InChI is InChI=1S/C11H8Cl2N2O2/c1-6-5-14-11(17-6)10(16)15-9-7(12)3-2-4-8(9)13/h2-5H,1H3,(H,15,16). The Bertz CT molecular complexity index is 546. The van der Waals surface area contributed by atoms with Gasteiger partial charge in [0, 0.05) is 0 Å². The minimum Gasteiger partial charge on any atom is -0.438 e. The fourth-order valence-electron chi connectivity index (χ4n) is 1.24. The van der Waals surface area contributed by atoms with Crippen LogP contribution < -0.4 is 5.32 Å². The van der Waals surface area contributed by atoms with Crippen LogP contribution in [-0.4, -0.2) is 10.9 Å². The van der Waals surface area contributed by atoms with Gasteiger partial charge >= 0.3 is 5.91 Å². The lowest BCUT2D eigenvalue weighted by molar-refractivity contribution is 0.0989. The van der Waals surface area contributed by atoms with Crippen molar-refractivity contribution in [3.63, 3.8) is 0 Å². The van der Waals surface area contributed by atoms with Gasteiger partial charge in [-0.3, -0.25) is 4.79 Å². The van der Waals surface area contributed by atoms with Crippen molar-refractivity contribution >= 4 is 34.8 Å². The summed E-state index contributed by atoms with van der Waals surface area (Å²) in [5.74, 6) is 0.0343. The average molecular weight is 271 g/mol. The number of para-hydroxylation sites is 1. The zero-order valence-corrected chi connectivity index (χ0v) is 10.3. The molecule has 1 N–H and O–H groups in total. The Morgan fingerprint density at radius 1 is 1.35 bits per heavy atom. The Balaban J connectivity index is 2.24.